The van der Waals surface area contributed by atoms with Crippen molar-refractivity contribution in [3.05, 3.63) is 71.4 Å². The Morgan fingerprint density at radius 3 is 2.52 bits per heavy atom. The molecule has 0 bridgehead atoms. The Balaban J connectivity index is 1.63. The van der Waals surface area contributed by atoms with Crippen molar-refractivity contribution in [2.24, 2.45) is 0 Å². The number of carbonyl (C=O) groups excluding carboxylic acids is 1. The van der Waals surface area contributed by atoms with Crippen molar-refractivity contribution in [3.63, 3.8) is 0 Å². The zero-order valence-electron chi connectivity index (χ0n) is 16.0. The van der Waals surface area contributed by atoms with Crippen LogP contribution in [0.3, 0.4) is 0 Å². The van der Waals surface area contributed by atoms with Gasteiger partial charge in [-0.1, -0.05) is 18.2 Å². The fourth-order valence-electron chi connectivity index (χ4n) is 2.61. The quantitative estimate of drug-likeness (QED) is 0.638. The van der Waals surface area contributed by atoms with Crippen molar-refractivity contribution in [2.45, 2.75) is 6.54 Å². The number of amides is 1. The summed E-state index contributed by atoms with van der Waals surface area (Å²) < 4.78 is 10.5. The first-order valence-corrected chi connectivity index (χ1v) is 8.73. The molecule has 29 heavy (non-hydrogen) atoms. The number of methoxy groups -OCH3 is 2. The molecular weight excluding hydrogens is 370 g/mol. The third-order valence-electron chi connectivity index (χ3n) is 4.11. The van der Waals surface area contributed by atoms with E-state index in [0.717, 1.165) is 5.56 Å². The van der Waals surface area contributed by atoms with Gasteiger partial charge >= 0.3 is 0 Å². The van der Waals surface area contributed by atoms with Gasteiger partial charge in [0.2, 0.25) is 0 Å². The molecule has 8 heteroatoms. The van der Waals surface area contributed by atoms with Crippen LogP contribution in [-0.2, 0) is 6.54 Å². The lowest BCUT2D eigenvalue weighted by molar-refractivity contribution is 0.102. The molecule has 1 aromatic heterocycles. The van der Waals surface area contributed by atoms with Crippen molar-refractivity contribution in [2.75, 3.05) is 24.9 Å². The summed E-state index contributed by atoms with van der Waals surface area (Å²) in [5, 5.41) is 22.9. The fourth-order valence-corrected chi connectivity index (χ4v) is 2.61. The van der Waals surface area contributed by atoms with E-state index in [1.807, 2.05) is 24.3 Å². The van der Waals surface area contributed by atoms with E-state index in [1.54, 1.807) is 50.6 Å². The topological polar surface area (TPSA) is 109 Å². The lowest BCUT2D eigenvalue weighted by atomic mass is 10.2. The highest BCUT2D eigenvalue weighted by Crippen LogP contribution is 2.27. The number of nitriles is 1. The number of benzene rings is 2. The average molecular weight is 389 g/mol. The first-order chi connectivity index (χ1) is 14.1. The summed E-state index contributed by atoms with van der Waals surface area (Å²) in [7, 11) is 3.17. The van der Waals surface area contributed by atoms with Crippen LogP contribution in [-0.4, -0.2) is 30.3 Å². The van der Waals surface area contributed by atoms with Gasteiger partial charge in [-0.05, 0) is 42.0 Å². The highest BCUT2D eigenvalue weighted by atomic mass is 16.5. The van der Waals surface area contributed by atoms with Crippen LogP contribution < -0.4 is 20.1 Å². The number of hydrogen-bond acceptors (Lipinski definition) is 7. The Hall–Kier alpha value is -4.12. The molecule has 0 atom stereocenters. The Kier molecular flexibility index (Phi) is 6.22. The van der Waals surface area contributed by atoms with Crippen LogP contribution in [0.15, 0.2) is 54.6 Å². The molecule has 1 heterocycles. The summed E-state index contributed by atoms with van der Waals surface area (Å²) in [4.78, 5) is 12.3. The molecule has 0 saturated carbocycles. The molecule has 0 aliphatic heterocycles. The minimum absolute atomic E-state index is 0.148. The van der Waals surface area contributed by atoms with E-state index in [4.69, 9.17) is 14.7 Å². The van der Waals surface area contributed by atoms with Gasteiger partial charge in [-0.2, -0.15) is 5.26 Å². The summed E-state index contributed by atoms with van der Waals surface area (Å²) in [6.07, 6.45) is 0. The molecule has 0 fully saturated rings. The van der Waals surface area contributed by atoms with Crippen molar-refractivity contribution < 1.29 is 14.3 Å². The zero-order valence-corrected chi connectivity index (χ0v) is 16.0. The summed E-state index contributed by atoms with van der Waals surface area (Å²) >= 11 is 0. The van der Waals surface area contributed by atoms with Gasteiger partial charge < -0.3 is 20.1 Å². The van der Waals surface area contributed by atoms with Crippen LogP contribution in [0.25, 0.3) is 0 Å². The molecule has 0 aliphatic rings. The highest BCUT2D eigenvalue weighted by Gasteiger charge is 2.11. The van der Waals surface area contributed by atoms with Crippen LogP contribution in [0.2, 0.25) is 0 Å². The molecule has 0 spiro atoms. The standard InChI is InChI=1S/C21H19N5O3/c1-28-18-9-7-14(11-19(18)29-2)13-23-20-10-8-17(25-26-20)21(27)24-16-6-4-3-5-15(16)12-22/h3-11H,13H2,1-2H3,(H,23,26)(H,24,27). The van der Waals surface area contributed by atoms with Crippen molar-refractivity contribution in [3.8, 4) is 17.6 Å². The van der Waals surface area contributed by atoms with Gasteiger partial charge in [0.1, 0.15) is 11.9 Å². The molecule has 146 valence electrons. The first-order valence-electron chi connectivity index (χ1n) is 8.73. The lowest BCUT2D eigenvalue weighted by Crippen LogP contribution is -2.15. The summed E-state index contributed by atoms with van der Waals surface area (Å²) in [6.45, 7) is 0.496. The van der Waals surface area contributed by atoms with Crippen LogP contribution in [0.1, 0.15) is 21.6 Å². The maximum absolute atomic E-state index is 12.3. The molecule has 2 aromatic carbocycles. The van der Waals surface area contributed by atoms with E-state index in [-0.39, 0.29) is 5.69 Å². The minimum atomic E-state index is -0.438. The summed E-state index contributed by atoms with van der Waals surface area (Å²) in [5.41, 5.74) is 1.92. The summed E-state index contributed by atoms with van der Waals surface area (Å²) in [6, 6.07) is 17.6. The van der Waals surface area contributed by atoms with Crippen molar-refractivity contribution in [1.82, 2.24) is 10.2 Å². The number of nitrogens with zero attached hydrogens (tertiary/aromatic N) is 3. The van der Waals surface area contributed by atoms with Crippen LogP contribution in [0.5, 0.6) is 11.5 Å². The number of nitrogens with one attached hydrogen (secondary N) is 2. The number of hydrogen-bond donors (Lipinski definition) is 2. The molecule has 1 amide bonds. The predicted octanol–water partition coefficient (Wildman–Crippen LogP) is 3.23. The number of rotatable bonds is 7. The number of para-hydroxylation sites is 1. The molecule has 0 aliphatic carbocycles. The van der Waals surface area contributed by atoms with E-state index in [9.17, 15) is 4.79 Å². The zero-order chi connectivity index (χ0) is 20.6. The van der Waals surface area contributed by atoms with Gasteiger partial charge in [0.05, 0.1) is 25.5 Å². The number of anilines is 2. The second kappa shape index (κ2) is 9.19. The smallest absolute Gasteiger partial charge is 0.276 e. The highest BCUT2D eigenvalue weighted by molar-refractivity contribution is 6.03. The number of ether oxygens (including phenoxy) is 2. The molecule has 0 unspecified atom stereocenters. The third kappa shape index (κ3) is 4.78. The fraction of sp³-hybridized carbons (Fsp3) is 0.143. The van der Waals surface area contributed by atoms with E-state index >= 15 is 0 Å². The largest absolute Gasteiger partial charge is 0.493 e. The summed E-state index contributed by atoms with van der Waals surface area (Å²) in [5.74, 6) is 1.38. The van der Waals surface area contributed by atoms with Gasteiger partial charge in [-0.3, -0.25) is 4.79 Å². The van der Waals surface area contributed by atoms with Crippen LogP contribution in [0, 0.1) is 11.3 Å². The van der Waals surface area contributed by atoms with Gasteiger partial charge in [0.15, 0.2) is 17.2 Å². The van der Waals surface area contributed by atoms with Gasteiger partial charge in [-0.25, -0.2) is 0 Å². The van der Waals surface area contributed by atoms with E-state index in [1.165, 1.54) is 0 Å². The van der Waals surface area contributed by atoms with Crippen LogP contribution >= 0.6 is 0 Å². The Labute approximate surface area is 168 Å². The maximum atomic E-state index is 12.3. The number of aromatic nitrogens is 2. The normalized spacial score (nSPS) is 9.97. The monoisotopic (exact) mass is 389 g/mol. The van der Waals surface area contributed by atoms with Gasteiger partial charge in [0, 0.05) is 6.54 Å². The van der Waals surface area contributed by atoms with Crippen molar-refractivity contribution >= 4 is 17.4 Å². The predicted molar refractivity (Wildman–Crippen MR) is 108 cm³/mol. The molecule has 2 N–H and O–H groups in total. The van der Waals surface area contributed by atoms with Crippen molar-refractivity contribution in [1.29, 1.82) is 5.26 Å². The number of carbonyl (C=O) groups is 1. The van der Waals surface area contributed by atoms with E-state index in [0.29, 0.717) is 35.1 Å². The minimum Gasteiger partial charge on any atom is -0.493 e. The maximum Gasteiger partial charge on any atom is 0.276 e. The van der Waals surface area contributed by atoms with Gasteiger partial charge in [-0.15, -0.1) is 10.2 Å². The molecule has 3 aromatic rings. The first kappa shape index (κ1) is 19.6. The molecule has 3 rings (SSSR count). The second-order valence-electron chi connectivity index (χ2n) is 5.96. The molecule has 0 saturated heterocycles. The SMILES string of the molecule is COc1ccc(CNc2ccc(C(=O)Nc3ccccc3C#N)nn2)cc1OC. The van der Waals surface area contributed by atoms with E-state index in [2.05, 4.69) is 20.8 Å². The molecule has 0 radical (unpaired) electrons. The third-order valence-corrected chi connectivity index (χ3v) is 4.11. The van der Waals surface area contributed by atoms with Crippen LogP contribution in [0.4, 0.5) is 11.5 Å². The van der Waals surface area contributed by atoms with E-state index < -0.39 is 5.91 Å². The Bertz CT molecular complexity index is 1040. The Morgan fingerprint density at radius 2 is 1.83 bits per heavy atom. The molecule has 8 nitrogen and oxygen atoms in total. The second-order valence-corrected chi connectivity index (χ2v) is 5.96. The lowest BCUT2D eigenvalue weighted by Gasteiger charge is -2.10. The average Bonchev–Trinajstić information content (AvgIpc) is 2.78. The van der Waals surface area contributed by atoms with Gasteiger partial charge in [0.25, 0.3) is 5.91 Å². The molecular formula is C21H19N5O3. The Morgan fingerprint density at radius 1 is 1.03 bits per heavy atom.